The Kier molecular flexibility index (Phi) is 52.3. The Morgan fingerprint density at radius 2 is 0.738 bits per heavy atom. The van der Waals surface area contributed by atoms with Crippen molar-refractivity contribution in [2.45, 2.75) is 408 Å². The molecule has 2 saturated heterocycles. The van der Waals surface area contributed by atoms with E-state index in [1.54, 1.807) is 6.08 Å². The molecule has 0 saturated carbocycles. The van der Waals surface area contributed by atoms with Crippen LogP contribution in [0.25, 0.3) is 0 Å². The molecule has 0 radical (unpaired) electrons. The van der Waals surface area contributed by atoms with Gasteiger partial charge in [0.05, 0.1) is 32.0 Å². The normalized spacial score (nSPS) is 23.6. The molecule has 12 atom stereocenters. The zero-order valence-electron chi connectivity index (χ0n) is 54.2. The van der Waals surface area contributed by atoms with Gasteiger partial charge in [0.25, 0.3) is 0 Å². The van der Waals surface area contributed by atoms with E-state index in [2.05, 4.69) is 19.2 Å². The van der Waals surface area contributed by atoms with E-state index in [1.165, 1.54) is 270 Å². The fourth-order valence-electron chi connectivity index (χ4n) is 12.2. The first-order valence-corrected chi connectivity index (χ1v) is 35.9. The average Bonchev–Trinajstić information content (AvgIpc) is 3.64. The molecule has 0 aliphatic carbocycles. The molecule has 2 rings (SSSR count). The highest BCUT2D eigenvalue weighted by Crippen LogP contribution is 2.30. The number of carbonyl (C=O) groups is 1. The van der Waals surface area contributed by atoms with Gasteiger partial charge in [-0.2, -0.15) is 0 Å². The van der Waals surface area contributed by atoms with Crippen molar-refractivity contribution >= 4 is 5.91 Å². The van der Waals surface area contributed by atoms with Crippen LogP contribution in [0.4, 0.5) is 0 Å². The third kappa shape index (κ3) is 39.7. The Balaban J connectivity index is 1.67. The Bertz CT molecular complexity index is 1460. The topological polar surface area (TPSA) is 228 Å². The van der Waals surface area contributed by atoms with Gasteiger partial charge in [-0.05, 0) is 19.3 Å². The molecule has 12 unspecified atom stereocenters. The molecule has 0 aromatic heterocycles. The zero-order chi connectivity index (χ0) is 60.9. The fraction of sp³-hybridized carbons (Fsp3) is 0.957. The zero-order valence-corrected chi connectivity index (χ0v) is 54.2. The summed E-state index contributed by atoms with van der Waals surface area (Å²) in [6.45, 7) is 2.86. The second kappa shape index (κ2) is 55.8. The molecule has 84 heavy (non-hydrogen) atoms. The van der Waals surface area contributed by atoms with E-state index in [1.807, 2.05) is 6.08 Å². The number of unbranched alkanes of at least 4 members (excludes halogenated alkanes) is 47. The Hall–Kier alpha value is -1.27. The monoisotopic (exact) mass is 1200 g/mol. The van der Waals surface area contributed by atoms with Crippen molar-refractivity contribution in [1.82, 2.24) is 5.32 Å². The molecular formula is C70H135NO13. The highest BCUT2D eigenvalue weighted by Gasteiger charge is 2.51. The summed E-state index contributed by atoms with van der Waals surface area (Å²) in [6.07, 6.45) is 51.3. The number of hydrogen-bond acceptors (Lipinski definition) is 13. The number of allylic oxidation sites excluding steroid dienone is 1. The van der Waals surface area contributed by atoms with Crippen LogP contribution in [0.15, 0.2) is 12.2 Å². The van der Waals surface area contributed by atoms with E-state index in [9.17, 15) is 45.6 Å². The van der Waals surface area contributed by atoms with Crippen molar-refractivity contribution in [3.63, 3.8) is 0 Å². The number of ether oxygens (including phenoxy) is 4. The summed E-state index contributed by atoms with van der Waals surface area (Å²) in [6, 6.07) is -0.911. The molecule has 2 heterocycles. The first-order chi connectivity index (χ1) is 41.1. The predicted octanol–water partition coefficient (Wildman–Crippen LogP) is 14.6. The quantitative estimate of drug-likeness (QED) is 0.0204. The Morgan fingerprint density at radius 1 is 0.417 bits per heavy atom. The number of amides is 1. The molecule has 14 heteroatoms. The van der Waals surface area contributed by atoms with Crippen molar-refractivity contribution in [3.05, 3.63) is 12.2 Å². The van der Waals surface area contributed by atoms with E-state index in [-0.39, 0.29) is 18.9 Å². The van der Waals surface area contributed by atoms with Crippen LogP contribution >= 0.6 is 0 Å². The smallest absolute Gasteiger partial charge is 0.220 e. The molecule has 0 aromatic rings. The maximum absolute atomic E-state index is 13.3. The molecule has 2 aliphatic heterocycles. The SMILES string of the molecule is CCCCCCCCCCCCCCCCCCCCCCCCCCCCC/C=C/C(O)C(COC1OC(CO)C(OC2OC(CO)C(O)C(O)C2O)C(O)C1O)NC(=O)CCCCCCCCCCCCCCCCCCCCCCC. The summed E-state index contributed by atoms with van der Waals surface area (Å²) in [4.78, 5) is 13.3. The molecular weight excluding hydrogens is 1060 g/mol. The van der Waals surface area contributed by atoms with Gasteiger partial charge in [-0.1, -0.05) is 321 Å². The van der Waals surface area contributed by atoms with Crippen molar-refractivity contribution in [2.24, 2.45) is 0 Å². The van der Waals surface area contributed by atoms with Crippen LogP contribution in [-0.4, -0.2) is 140 Å². The molecule has 2 aliphatic rings. The van der Waals surface area contributed by atoms with Gasteiger partial charge in [0.1, 0.15) is 48.8 Å². The van der Waals surface area contributed by atoms with Crippen LogP contribution in [0.3, 0.4) is 0 Å². The lowest BCUT2D eigenvalue weighted by Gasteiger charge is -2.46. The number of aliphatic hydroxyl groups is 8. The maximum atomic E-state index is 13.3. The van der Waals surface area contributed by atoms with Gasteiger partial charge in [0.15, 0.2) is 12.6 Å². The highest BCUT2D eigenvalue weighted by atomic mass is 16.7. The minimum atomic E-state index is -1.79. The molecule has 0 aromatic carbocycles. The number of rotatable bonds is 60. The minimum absolute atomic E-state index is 0.231. The Labute approximate surface area is 514 Å². The third-order valence-corrected chi connectivity index (χ3v) is 18.0. The summed E-state index contributed by atoms with van der Waals surface area (Å²) in [5.41, 5.74) is 0. The van der Waals surface area contributed by atoms with Gasteiger partial charge in [-0.25, -0.2) is 0 Å². The number of hydrogen-bond donors (Lipinski definition) is 9. The maximum Gasteiger partial charge on any atom is 0.220 e. The van der Waals surface area contributed by atoms with Crippen molar-refractivity contribution in [2.75, 3.05) is 19.8 Å². The fourth-order valence-corrected chi connectivity index (χ4v) is 12.2. The lowest BCUT2D eigenvalue weighted by atomic mass is 9.97. The van der Waals surface area contributed by atoms with Gasteiger partial charge < -0.3 is 65.1 Å². The third-order valence-electron chi connectivity index (χ3n) is 18.0. The minimum Gasteiger partial charge on any atom is -0.394 e. The molecule has 2 fully saturated rings. The Morgan fingerprint density at radius 3 is 1.10 bits per heavy atom. The van der Waals surface area contributed by atoms with Crippen LogP contribution < -0.4 is 5.32 Å². The number of nitrogens with one attached hydrogen (secondary N) is 1. The van der Waals surface area contributed by atoms with Gasteiger partial charge >= 0.3 is 0 Å². The molecule has 1 amide bonds. The lowest BCUT2D eigenvalue weighted by molar-refractivity contribution is -0.359. The molecule has 14 nitrogen and oxygen atoms in total. The summed E-state index contributed by atoms with van der Waals surface area (Å²) < 4.78 is 22.9. The lowest BCUT2D eigenvalue weighted by Crippen LogP contribution is -2.65. The van der Waals surface area contributed by atoms with E-state index < -0.39 is 86.8 Å². The summed E-state index contributed by atoms with van der Waals surface area (Å²) in [7, 11) is 0. The molecule has 0 bridgehead atoms. The van der Waals surface area contributed by atoms with Gasteiger partial charge in [-0.3, -0.25) is 4.79 Å². The van der Waals surface area contributed by atoms with Crippen LogP contribution in [0.5, 0.6) is 0 Å². The van der Waals surface area contributed by atoms with Gasteiger partial charge in [0.2, 0.25) is 5.91 Å². The van der Waals surface area contributed by atoms with Crippen LogP contribution in [0.2, 0.25) is 0 Å². The molecule has 9 N–H and O–H groups in total. The summed E-state index contributed by atoms with van der Waals surface area (Å²) >= 11 is 0. The van der Waals surface area contributed by atoms with Crippen molar-refractivity contribution in [1.29, 1.82) is 0 Å². The van der Waals surface area contributed by atoms with E-state index >= 15 is 0 Å². The van der Waals surface area contributed by atoms with Crippen LogP contribution in [-0.2, 0) is 23.7 Å². The van der Waals surface area contributed by atoms with Gasteiger partial charge in [0, 0.05) is 6.42 Å². The highest BCUT2D eigenvalue weighted by molar-refractivity contribution is 5.76. The van der Waals surface area contributed by atoms with E-state index in [0.717, 1.165) is 38.5 Å². The standard InChI is InChI=1S/C70H135NO13/c1-3-5-7-9-11-13-15-17-19-21-23-25-26-27-28-29-30-31-32-34-35-37-39-41-43-45-47-49-51-53-59(74)58(57-81-69-67(80)65(78)68(61(56-73)83-69)84-70-66(79)64(77)63(76)60(55-72)82-70)71-62(75)54-52-50-48-46-44-42-40-38-36-33-24-22-20-18-16-14-12-10-8-6-4-2/h51,53,58-61,63-70,72-74,76-80H,3-50,52,54-57H2,1-2H3,(H,71,75)/b53-51+. The largest absolute Gasteiger partial charge is 0.394 e. The average molecular weight is 1200 g/mol. The van der Waals surface area contributed by atoms with Gasteiger partial charge in [-0.15, -0.1) is 0 Å². The molecule has 0 spiro atoms. The number of carbonyl (C=O) groups excluding carboxylic acids is 1. The second-order valence-electron chi connectivity index (χ2n) is 25.7. The van der Waals surface area contributed by atoms with Crippen LogP contribution in [0.1, 0.15) is 335 Å². The summed E-state index contributed by atoms with van der Waals surface area (Å²) in [5.74, 6) is -0.231. The van der Waals surface area contributed by atoms with Crippen molar-refractivity contribution in [3.8, 4) is 0 Å². The second-order valence-corrected chi connectivity index (χ2v) is 25.7. The number of aliphatic hydroxyl groups excluding tert-OH is 8. The van der Waals surface area contributed by atoms with Crippen molar-refractivity contribution < 1.29 is 64.6 Å². The van der Waals surface area contributed by atoms with Crippen LogP contribution in [0, 0.1) is 0 Å². The first kappa shape index (κ1) is 78.8. The van der Waals surface area contributed by atoms with E-state index in [0.29, 0.717) is 6.42 Å². The van der Waals surface area contributed by atoms with E-state index in [4.69, 9.17) is 18.9 Å². The summed E-state index contributed by atoms with van der Waals surface area (Å²) in [5, 5.41) is 87.5. The molecule has 498 valence electrons. The predicted molar refractivity (Wildman–Crippen MR) is 342 cm³/mol. The first-order valence-electron chi connectivity index (χ1n) is 35.9.